The van der Waals surface area contributed by atoms with Gasteiger partial charge >= 0.3 is 0 Å². The van der Waals surface area contributed by atoms with E-state index in [4.69, 9.17) is 5.73 Å². The third kappa shape index (κ3) is 5.59. The average Bonchev–Trinajstić information content (AvgIpc) is 2.53. The Morgan fingerprint density at radius 3 is 2.36 bits per heavy atom. The lowest BCUT2D eigenvalue weighted by Crippen LogP contribution is -2.44. The molecular formula is C16H31IN4O. The number of nitrogens with zero attached hydrogens (tertiary/aromatic N) is 3. The maximum atomic E-state index is 12.2. The van der Waals surface area contributed by atoms with Crippen molar-refractivity contribution in [2.75, 3.05) is 26.7 Å². The fourth-order valence-electron chi connectivity index (χ4n) is 3.27. The third-order valence-corrected chi connectivity index (χ3v) is 5.00. The molecule has 0 aromatic heterocycles. The van der Waals surface area contributed by atoms with Crippen molar-refractivity contribution in [1.82, 2.24) is 9.80 Å². The van der Waals surface area contributed by atoms with E-state index in [0.29, 0.717) is 12.0 Å². The Balaban J connectivity index is 0.00000242. The number of aliphatic imine (C=N–C) groups is 1. The molecule has 0 spiro atoms. The Morgan fingerprint density at radius 1 is 1.18 bits per heavy atom. The molecule has 2 N–H and O–H groups in total. The average molecular weight is 422 g/mol. The van der Waals surface area contributed by atoms with Crippen LogP contribution in [0.2, 0.25) is 0 Å². The smallest absolute Gasteiger partial charge is 0.244 e. The second kappa shape index (κ2) is 9.57. The highest BCUT2D eigenvalue weighted by molar-refractivity contribution is 14.0. The van der Waals surface area contributed by atoms with E-state index in [9.17, 15) is 4.79 Å². The van der Waals surface area contributed by atoms with E-state index in [1.807, 2.05) is 11.9 Å². The summed E-state index contributed by atoms with van der Waals surface area (Å²) in [5, 5.41) is 0. The largest absolute Gasteiger partial charge is 0.370 e. The lowest BCUT2D eigenvalue weighted by atomic mass is 9.94. The highest BCUT2D eigenvalue weighted by Gasteiger charge is 2.22. The minimum Gasteiger partial charge on any atom is -0.370 e. The van der Waals surface area contributed by atoms with Crippen molar-refractivity contribution in [3.8, 4) is 0 Å². The van der Waals surface area contributed by atoms with E-state index in [-0.39, 0.29) is 36.4 Å². The number of halogens is 1. The fraction of sp³-hybridized carbons (Fsp3) is 0.875. The predicted octanol–water partition coefficient (Wildman–Crippen LogP) is 2.44. The van der Waals surface area contributed by atoms with Gasteiger partial charge in [0.1, 0.15) is 6.54 Å². The number of guanidine groups is 1. The second-order valence-corrected chi connectivity index (χ2v) is 6.64. The zero-order chi connectivity index (χ0) is 15.2. The normalized spacial score (nSPS) is 21.4. The Morgan fingerprint density at radius 2 is 1.77 bits per heavy atom. The van der Waals surface area contributed by atoms with Gasteiger partial charge in [-0.1, -0.05) is 26.2 Å². The van der Waals surface area contributed by atoms with Crippen LogP contribution < -0.4 is 5.73 Å². The molecule has 1 saturated heterocycles. The topological polar surface area (TPSA) is 61.9 Å². The van der Waals surface area contributed by atoms with E-state index >= 15 is 0 Å². The second-order valence-electron chi connectivity index (χ2n) is 6.64. The maximum Gasteiger partial charge on any atom is 0.244 e. The molecule has 6 heteroatoms. The predicted molar refractivity (Wildman–Crippen MR) is 102 cm³/mol. The minimum absolute atomic E-state index is 0. The van der Waals surface area contributed by atoms with Gasteiger partial charge in [-0.15, -0.1) is 24.0 Å². The fourth-order valence-corrected chi connectivity index (χ4v) is 3.27. The summed E-state index contributed by atoms with van der Waals surface area (Å²) in [5.41, 5.74) is 6.03. The van der Waals surface area contributed by atoms with Crippen molar-refractivity contribution >= 4 is 35.8 Å². The van der Waals surface area contributed by atoms with Crippen LogP contribution in [-0.2, 0) is 4.79 Å². The molecule has 1 aliphatic carbocycles. The molecule has 2 rings (SSSR count). The summed E-state index contributed by atoms with van der Waals surface area (Å²) in [6, 6.07) is 0.401. The highest BCUT2D eigenvalue weighted by Crippen LogP contribution is 2.21. The lowest BCUT2D eigenvalue weighted by molar-refractivity contribution is -0.130. The van der Waals surface area contributed by atoms with Gasteiger partial charge in [0.05, 0.1) is 0 Å². The first-order valence-corrected chi connectivity index (χ1v) is 8.38. The number of nitrogens with two attached hydrogens (primary N) is 1. The first kappa shape index (κ1) is 19.5. The van der Waals surface area contributed by atoms with Crippen LogP contribution >= 0.6 is 24.0 Å². The Bertz CT molecular complexity index is 374. The summed E-state index contributed by atoms with van der Waals surface area (Å²) in [6.07, 6.45) is 8.35. The van der Waals surface area contributed by atoms with Gasteiger partial charge in [0.2, 0.25) is 5.91 Å². The number of hydrogen-bond donors (Lipinski definition) is 1. The van der Waals surface area contributed by atoms with Crippen molar-refractivity contribution in [3.05, 3.63) is 0 Å². The Labute approximate surface area is 151 Å². The standard InChI is InChI=1S/C16H30N4O.HI/c1-13-8-10-20(11-9-13)16(17)18-12-15(21)19(2)14-6-4-3-5-7-14;/h13-14H,3-12H2,1-2H3,(H2,17,18);1H. The van der Waals surface area contributed by atoms with Gasteiger partial charge in [-0.3, -0.25) is 4.79 Å². The SMILES string of the molecule is CC1CCN(C(N)=NCC(=O)N(C)C2CCCCC2)CC1.I. The van der Waals surface area contributed by atoms with E-state index in [1.165, 1.54) is 19.3 Å². The lowest BCUT2D eigenvalue weighted by Gasteiger charge is -2.32. The summed E-state index contributed by atoms with van der Waals surface area (Å²) in [6.45, 7) is 4.38. The van der Waals surface area contributed by atoms with Crippen LogP contribution in [-0.4, -0.2) is 54.4 Å². The van der Waals surface area contributed by atoms with Crippen LogP contribution in [0.15, 0.2) is 4.99 Å². The van der Waals surface area contributed by atoms with Gasteiger partial charge < -0.3 is 15.5 Å². The van der Waals surface area contributed by atoms with Crippen molar-refractivity contribution in [2.45, 2.75) is 57.9 Å². The summed E-state index contributed by atoms with van der Waals surface area (Å²) >= 11 is 0. The zero-order valence-electron chi connectivity index (χ0n) is 14.0. The zero-order valence-corrected chi connectivity index (χ0v) is 16.3. The number of rotatable bonds is 3. The molecule has 5 nitrogen and oxygen atoms in total. The van der Waals surface area contributed by atoms with Gasteiger partial charge in [-0.2, -0.15) is 0 Å². The molecule has 1 amide bonds. The molecule has 0 atom stereocenters. The van der Waals surface area contributed by atoms with E-state index in [1.54, 1.807) is 0 Å². The van der Waals surface area contributed by atoms with Gasteiger partial charge in [-0.25, -0.2) is 4.99 Å². The minimum atomic E-state index is 0. The third-order valence-electron chi connectivity index (χ3n) is 5.00. The molecule has 0 unspecified atom stereocenters. The number of likely N-dealkylation sites (N-methyl/N-ethyl adjacent to an activating group) is 1. The molecule has 1 saturated carbocycles. The molecule has 2 aliphatic rings. The molecule has 1 heterocycles. The molecule has 2 fully saturated rings. The van der Waals surface area contributed by atoms with Crippen molar-refractivity contribution in [1.29, 1.82) is 0 Å². The number of carbonyl (C=O) groups excluding carboxylic acids is 1. The van der Waals surface area contributed by atoms with E-state index in [0.717, 1.165) is 44.7 Å². The van der Waals surface area contributed by atoms with Crippen LogP contribution in [0, 0.1) is 5.92 Å². The Kier molecular flexibility index (Phi) is 8.49. The van der Waals surface area contributed by atoms with Gasteiger partial charge in [0.25, 0.3) is 0 Å². The Hall–Kier alpha value is -0.530. The monoisotopic (exact) mass is 422 g/mol. The summed E-state index contributed by atoms with van der Waals surface area (Å²) in [7, 11) is 1.91. The maximum absolute atomic E-state index is 12.2. The molecule has 1 aliphatic heterocycles. The van der Waals surface area contributed by atoms with Gasteiger partial charge in [0.15, 0.2) is 5.96 Å². The van der Waals surface area contributed by atoms with Crippen LogP contribution in [0.5, 0.6) is 0 Å². The molecule has 0 aromatic rings. The molecule has 128 valence electrons. The molecule has 22 heavy (non-hydrogen) atoms. The molecular weight excluding hydrogens is 391 g/mol. The van der Waals surface area contributed by atoms with E-state index in [2.05, 4.69) is 16.8 Å². The summed E-state index contributed by atoms with van der Waals surface area (Å²) < 4.78 is 0. The molecule has 0 radical (unpaired) electrons. The van der Waals surface area contributed by atoms with Crippen LogP contribution in [0.25, 0.3) is 0 Å². The van der Waals surface area contributed by atoms with Crippen LogP contribution in [0.4, 0.5) is 0 Å². The number of likely N-dealkylation sites (tertiary alicyclic amines) is 1. The highest BCUT2D eigenvalue weighted by atomic mass is 127. The van der Waals surface area contributed by atoms with Crippen molar-refractivity contribution in [2.24, 2.45) is 16.6 Å². The quantitative estimate of drug-likeness (QED) is 0.432. The summed E-state index contributed by atoms with van der Waals surface area (Å²) in [4.78, 5) is 20.5. The van der Waals surface area contributed by atoms with Crippen molar-refractivity contribution < 1.29 is 4.79 Å². The van der Waals surface area contributed by atoms with E-state index < -0.39 is 0 Å². The van der Waals surface area contributed by atoms with Crippen LogP contribution in [0.1, 0.15) is 51.9 Å². The number of hydrogen-bond acceptors (Lipinski definition) is 2. The number of carbonyl (C=O) groups is 1. The van der Waals surface area contributed by atoms with Crippen molar-refractivity contribution in [3.63, 3.8) is 0 Å². The number of piperidine rings is 1. The summed E-state index contributed by atoms with van der Waals surface area (Å²) in [5.74, 6) is 1.40. The molecule has 0 aromatic carbocycles. The first-order valence-electron chi connectivity index (χ1n) is 8.38. The van der Waals surface area contributed by atoms with Gasteiger partial charge in [-0.05, 0) is 31.6 Å². The molecule has 0 bridgehead atoms. The van der Waals surface area contributed by atoms with Crippen LogP contribution in [0.3, 0.4) is 0 Å². The first-order chi connectivity index (χ1) is 10.1. The van der Waals surface area contributed by atoms with Gasteiger partial charge in [0, 0.05) is 26.2 Å². The number of amides is 1.